The number of benzene rings is 1. The van der Waals surface area contributed by atoms with Gasteiger partial charge in [-0.05, 0) is 11.6 Å². The topological polar surface area (TPSA) is 0 Å². The lowest BCUT2D eigenvalue weighted by Gasteiger charge is -2.08. The Morgan fingerprint density at radius 3 is 2.17 bits per heavy atom. The molecule has 1 aromatic carbocycles. The molecule has 63 valence electrons. The second-order valence-corrected chi connectivity index (χ2v) is 2.26. The van der Waals surface area contributed by atoms with E-state index in [9.17, 15) is 13.2 Å². The maximum absolute atomic E-state index is 12.0. The van der Waals surface area contributed by atoms with Crippen molar-refractivity contribution in [3.05, 3.63) is 42.5 Å². The van der Waals surface area contributed by atoms with E-state index in [1.807, 2.05) is 0 Å². The molecule has 0 nitrogen and oxygen atoms in total. The first-order valence-corrected chi connectivity index (χ1v) is 3.24. The average molecular weight is 171 g/mol. The summed E-state index contributed by atoms with van der Waals surface area (Å²) >= 11 is 0. The van der Waals surface area contributed by atoms with Crippen LogP contribution < -0.4 is 0 Å². The Morgan fingerprint density at radius 1 is 1.25 bits per heavy atom. The van der Waals surface area contributed by atoms with Crippen LogP contribution in [0, 0.1) is 6.07 Å². The Balaban J connectivity index is 2.94. The molecule has 0 spiro atoms. The monoisotopic (exact) mass is 171 g/mol. The Morgan fingerprint density at radius 2 is 1.75 bits per heavy atom. The Bertz CT molecular complexity index is 272. The molecule has 0 bridgehead atoms. The summed E-state index contributed by atoms with van der Waals surface area (Å²) in [5.74, 6) is 0. The molecule has 3 heteroatoms. The molecule has 0 aliphatic carbocycles. The number of allylic oxidation sites excluding steroid dienone is 1. The summed E-state index contributed by atoms with van der Waals surface area (Å²) in [7, 11) is 0. The van der Waals surface area contributed by atoms with Gasteiger partial charge in [-0.1, -0.05) is 30.8 Å². The van der Waals surface area contributed by atoms with Crippen molar-refractivity contribution in [1.29, 1.82) is 0 Å². The highest BCUT2D eigenvalue weighted by atomic mass is 19.4. The number of alkyl halides is 3. The van der Waals surface area contributed by atoms with E-state index in [-0.39, 0.29) is 5.56 Å². The summed E-state index contributed by atoms with van der Waals surface area (Å²) < 4.78 is 36.1. The minimum absolute atomic E-state index is 0.0845. The van der Waals surface area contributed by atoms with Crippen molar-refractivity contribution in [2.45, 2.75) is 6.18 Å². The highest BCUT2D eigenvalue weighted by Gasteiger charge is 2.32. The predicted octanol–water partition coefficient (Wildman–Crippen LogP) is 3.06. The third kappa shape index (κ3) is 1.87. The normalized spacial score (nSPS) is 11.2. The van der Waals surface area contributed by atoms with Crippen molar-refractivity contribution in [3.63, 3.8) is 0 Å². The number of rotatable bonds is 1. The molecule has 1 aromatic rings. The minimum Gasteiger partial charge on any atom is -0.166 e. The summed E-state index contributed by atoms with van der Waals surface area (Å²) in [5.41, 5.74) is -0.738. The molecule has 0 N–H and O–H groups in total. The fourth-order valence-electron chi connectivity index (χ4n) is 0.752. The minimum atomic E-state index is -4.35. The van der Waals surface area contributed by atoms with Crippen LogP contribution in [0.3, 0.4) is 0 Å². The fraction of sp³-hybridized carbons (Fsp3) is 0.111. The largest absolute Gasteiger partial charge is 0.416 e. The van der Waals surface area contributed by atoms with E-state index < -0.39 is 11.7 Å². The van der Waals surface area contributed by atoms with Crippen molar-refractivity contribution in [1.82, 2.24) is 0 Å². The lowest BCUT2D eigenvalue weighted by molar-refractivity contribution is -0.0686. The van der Waals surface area contributed by atoms with Crippen molar-refractivity contribution in [2.75, 3.05) is 0 Å². The third-order valence-corrected chi connectivity index (χ3v) is 1.41. The van der Waals surface area contributed by atoms with Gasteiger partial charge in [0.2, 0.25) is 0 Å². The molecule has 0 fully saturated rings. The number of hydrogen-bond acceptors (Lipinski definition) is 0. The maximum atomic E-state index is 12.0. The van der Waals surface area contributed by atoms with Gasteiger partial charge < -0.3 is 0 Å². The van der Waals surface area contributed by atoms with Gasteiger partial charge in [-0.25, -0.2) is 0 Å². The molecule has 0 aromatic heterocycles. The first-order chi connectivity index (χ1) is 5.52. The van der Waals surface area contributed by atoms with Crippen molar-refractivity contribution in [3.8, 4) is 0 Å². The standard InChI is InChI=1S/C9H6F3/c1-7(9(10,11)12)8-5-3-2-4-6-8/h3-6H,1H2. The smallest absolute Gasteiger partial charge is 0.166 e. The fourth-order valence-corrected chi connectivity index (χ4v) is 0.752. The van der Waals surface area contributed by atoms with Crippen LogP contribution in [0.15, 0.2) is 30.8 Å². The molecule has 1 radical (unpaired) electrons. The van der Waals surface area contributed by atoms with Gasteiger partial charge in [-0.2, -0.15) is 13.2 Å². The summed E-state index contributed by atoms with van der Waals surface area (Å²) in [6.45, 7) is 2.96. The molecule has 0 heterocycles. The molecule has 0 amide bonds. The first-order valence-electron chi connectivity index (χ1n) is 3.24. The molecular weight excluding hydrogens is 165 g/mol. The van der Waals surface area contributed by atoms with E-state index in [0.29, 0.717) is 0 Å². The molecule has 0 unspecified atom stereocenters. The van der Waals surface area contributed by atoms with Crippen molar-refractivity contribution >= 4 is 5.57 Å². The van der Waals surface area contributed by atoms with Crippen molar-refractivity contribution < 1.29 is 13.2 Å². The zero-order valence-corrected chi connectivity index (χ0v) is 6.15. The van der Waals surface area contributed by atoms with E-state index in [0.717, 1.165) is 0 Å². The van der Waals surface area contributed by atoms with Gasteiger partial charge in [0.25, 0.3) is 0 Å². The van der Waals surface area contributed by atoms with E-state index in [1.165, 1.54) is 24.3 Å². The molecule has 0 aliphatic heterocycles. The quantitative estimate of drug-likeness (QED) is 0.609. The molecule has 0 aliphatic rings. The Labute approximate surface area is 68.3 Å². The van der Waals surface area contributed by atoms with Gasteiger partial charge in [-0.3, -0.25) is 0 Å². The zero-order valence-electron chi connectivity index (χ0n) is 6.15. The predicted molar refractivity (Wildman–Crippen MR) is 40.4 cm³/mol. The zero-order chi connectivity index (χ0) is 9.19. The molecule has 0 saturated heterocycles. The van der Waals surface area contributed by atoms with Crippen LogP contribution in [0.1, 0.15) is 5.56 Å². The van der Waals surface area contributed by atoms with Crippen LogP contribution in [0.4, 0.5) is 13.2 Å². The Hall–Kier alpha value is -1.25. The highest BCUT2D eigenvalue weighted by Crippen LogP contribution is 2.31. The first kappa shape index (κ1) is 8.84. The van der Waals surface area contributed by atoms with Crippen LogP contribution in [-0.2, 0) is 0 Å². The van der Waals surface area contributed by atoms with E-state index in [1.54, 1.807) is 0 Å². The van der Waals surface area contributed by atoms with E-state index in [2.05, 4.69) is 12.6 Å². The third-order valence-electron chi connectivity index (χ3n) is 1.41. The van der Waals surface area contributed by atoms with Gasteiger partial charge >= 0.3 is 6.18 Å². The van der Waals surface area contributed by atoms with Crippen LogP contribution in [0.5, 0.6) is 0 Å². The van der Waals surface area contributed by atoms with Gasteiger partial charge in [-0.15, -0.1) is 0 Å². The van der Waals surface area contributed by atoms with Gasteiger partial charge in [0.05, 0.1) is 5.57 Å². The summed E-state index contributed by atoms with van der Waals surface area (Å²) in [6, 6.07) is 8.13. The number of hydrogen-bond donors (Lipinski definition) is 0. The van der Waals surface area contributed by atoms with E-state index >= 15 is 0 Å². The van der Waals surface area contributed by atoms with Gasteiger partial charge in [0.15, 0.2) is 0 Å². The summed E-state index contributed by atoms with van der Waals surface area (Å²) in [5, 5.41) is 0. The van der Waals surface area contributed by atoms with Gasteiger partial charge in [0.1, 0.15) is 0 Å². The molecular formula is C9H6F3. The average Bonchev–Trinajstić information content (AvgIpc) is 2.03. The van der Waals surface area contributed by atoms with Crippen LogP contribution in [0.25, 0.3) is 5.57 Å². The molecule has 0 saturated carbocycles. The van der Waals surface area contributed by atoms with Gasteiger partial charge in [0, 0.05) is 0 Å². The van der Waals surface area contributed by atoms with Crippen LogP contribution >= 0.6 is 0 Å². The lowest BCUT2D eigenvalue weighted by atomic mass is 10.1. The maximum Gasteiger partial charge on any atom is 0.416 e. The number of halogens is 3. The van der Waals surface area contributed by atoms with E-state index in [4.69, 9.17) is 0 Å². The van der Waals surface area contributed by atoms with Crippen LogP contribution in [-0.4, -0.2) is 6.18 Å². The Kier molecular flexibility index (Phi) is 2.22. The highest BCUT2D eigenvalue weighted by molar-refractivity contribution is 5.67. The lowest BCUT2D eigenvalue weighted by Crippen LogP contribution is -2.09. The molecule has 1 rings (SSSR count). The second kappa shape index (κ2) is 3.01. The SMILES string of the molecule is C=C(c1cc[c]cc1)C(F)(F)F. The molecule has 0 atom stereocenters. The second-order valence-electron chi connectivity index (χ2n) is 2.26. The van der Waals surface area contributed by atoms with Crippen LogP contribution in [0.2, 0.25) is 0 Å². The molecule has 12 heavy (non-hydrogen) atoms. The summed E-state index contributed by atoms with van der Waals surface area (Å²) in [4.78, 5) is 0. The van der Waals surface area contributed by atoms with Crippen molar-refractivity contribution in [2.24, 2.45) is 0 Å². The summed E-state index contributed by atoms with van der Waals surface area (Å²) in [6.07, 6.45) is -4.35.